The molecule has 0 bridgehead atoms. The molecule has 1 aromatic rings. The third-order valence-electron chi connectivity index (χ3n) is 2.96. The molecule has 0 spiro atoms. The predicted octanol–water partition coefficient (Wildman–Crippen LogP) is 0.846. The van der Waals surface area contributed by atoms with Crippen molar-refractivity contribution in [1.29, 1.82) is 0 Å². The van der Waals surface area contributed by atoms with Crippen LogP contribution in [0.15, 0.2) is 18.2 Å². The van der Waals surface area contributed by atoms with Gasteiger partial charge in [0.1, 0.15) is 0 Å². The van der Waals surface area contributed by atoms with Gasteiger partial charge in [-0.25, -0.2) is 13.2 Å². The van der Waals surface area contributed by atoms with E-state index in [4.69, 9.17) is 5.11 Å². The molecule has 0 aromatic heterocycles. The van der Waals surface area contributed by atoms with Crippen molar-refractivity contribution < 1.29 is 28.0 Å². The molecule has 0 saturated heterocycles. The van der Waals surface area contributed by atoms with Crippen LogP contribution in [-0.2, 0) is 9.84 Å². The summed E-state index contributed by atoms with van der Waals surface area (Å²) in [7, 11) is -3.31. The lowest BCUT2D eigenvalue weighted by Gasteiger charge is -2.13. The zero-order chi connectivity index (χ0) is 17.8. The number of carbonyl (C=O) groups is 2. The monoisotopic (exact) mass is 344 g/mol. The summed E-state index contributed by atoms with van der Waals surface area (Å²) in [5.74, 6) is -2.55. The molecule has 9 nitrogen and oxygen atoms in total. The molecular weight excluding hydrogens is 328 g/mol. The maximum Gasteiger partial charge on any atom is 0.335 e. The van der Waals surface area contributed by atoms with E-state index < -0.39 is 43.9 Å². The van der Waals surface area contributed by atoms with Gasteiger partial charge in [-0.2, -0.15) is 0 Å². The van der Waals surface area contributed by atoms with Gasteiger partial charge in [0.25, 0.3) is 11.6 Å². The van der Waals surface area contributed by atoms with Crippen LogP contribution in [0.3, 0.4) is 0 Å². The molecule has 0 radical (unpaired) electrons. The maximum atomic E-state index is 12.1. The van der Waals surface area contributed by atoms with E-state index in [0.717, 1.165) is 18.2 Å². The Morgan fingerprint density at radius 3 is 2.35 bits per heavy atom. The van der Waals surface area contributed by atoms with Crippen molar-refractivity contribution in [2.24, 2.45) is 0 Å². The van der Waals surface area contributed by atoms with E-state index in [1.54, 1.807) is 0 Å². The van der Waals surface area contributed by atoms with Gasteiger partial charge < -0.3 is 10.4 Å². The molecule has 1 atom stereocenters. The number of amides is 1. The Bertz CT molecular complexity index is 710. The minimum absolute atomic E-state index is 0.0762. The fourth-order valence-corrected chi connectivity index (χ4v) is 2.90. The number of nitrogens with one attached hydrogen (secondary N) is 1. The summed E-state index contributed by atoms with van der Waals surface area (Å²) in [5.41, 5.74) is -1.17. The molecule has 126 valence electrons. The number of carboxylic acids is 1. The normalized spacial score (nSPS) is 12.4. The van der Waals surface area contributed by atoms with Gasteiger partial charge in [-0.15, -0.1) is 0 Å². The Balaban J connectivity index is 3.03. The molecule has 1 amide bonds. The lowest BCUT2D eigenvalue weighted by atomic mass is 10.1. The van der Waals surface area contributed by atoms with E-state index in [1.165, 1.54) is 13.8 Å². The van der Waals surface area contributed by atoms with Crippen molar-refractivity contribution in [3.8, 4) is 0 Å². The highest BCUT2D eigenvalue weighted by Crippen LogP contribution is 2.17. The number of hydrogen-bond acceptors (Lipinski definition) is 6. The minimum Gasteiger partial charge on any atom is -0.478 e. The largest absolute Gasteiger partial charge is 0.478 e. The fourth-order valence-electron chi connectivity index (χ4n) is 1.82. The van der Waals surface area contributed by atoms with Gasteiger partial charge in [0.2, 0.25) is 0 Å². The van der Waals surface area contributed by atoms with E-state index in [9.17, 15) is 28.1 Å². The average molecular weight is 344 g/mol. The second-order valence-electron chi connectivity index (χ2n) is 4.90. The third kappa shape index (κ3) is 5.33. The molecular formula is C13H16N2O7S. The zero-order valence-electron chi connectivity index (χ0n) is 12.5. The molecule has 1 aromatic carbocycles. The second kappa shape index (κ2) is 7.18. The van der Waals surface area contributed by atoms with Gasteiger partial charge in [-0.3, -0.25) is 14.9 Å². The van der Waals surface area contributed by atoms with E-state index in [0.29, 0.717) is 0 Å². The lowest BCUT2D eigenvalue weighted by Crippen LogP contribution is -2.38. The molecule has 10 heteroatoms. The summed E-state index contributed by atoms with van der Waals surface area (Å²) in [6, 6.07) is 2.04. The van der Waals surface area contributed by atoms with Crippen molar-refractivity contribution >= 4 is 27.4 Å². The number of non-ortho nitro benzene ring substituents is 1. The Morgan fingerprint density at radius 1 is 1.30 bits per heavy atom. The molecule has 1 unspecified atom stereocenters. The van der Waals surface area contributed by atoms with E-state index >= 15 is 0 Å². The van der Waals surface area contributed by atoms with Crippen LogP contribution in [-0.4, -0.2) is 47.9 Å². The van der Waals surface area contributed by atoms with Gasteiger partial charge in [0.15, 0.2) is 9.84 Å². The smallest absolute Gasteiger partial charge is 0.335 e. The van der Waals surface area contributed by atoms with Crippen LogP contribution >= 0.6 is 0 Å². The molecule has 0 aliphatic rings. The van der Waals surface area contributed by atoms with E-state index in [-0.39, 0.29) is 17.1 Å². The number of rotatable bonds is 7. The SMILES string of the molecule is CCS(=O)(=O)CC(C)NC(=O)c1cc(C(=O)O)cc([N+](=O)[O-])c1. The molecule has 23 heavy (non-hydrogen) atoms. The van der Waals surface area contributed by atoms with Gasteiger partial charge in [0, 0.05) is 29.5 Å². The lowest BCUT2D eigenvalue weighted by molar-refractivity contribution is -0.384. The van der Waals surface area contributed by atoms with Crippen LogP contribution in [0, 0.1) is 10.1 Å². The molecule has 0 aliphatic heterocycles. The average Bonchev–Trinajstić information content (AvgIpc) is 2.45. The number of carboxylic acid groups (broad SMARTS) is 1. The zero-order valence-corrected chi connectivity index (χ0v) is 13.3. The Morgan fingerprint density at radius 2 is 1.87 bits per heavy atom. The summed E-state index contributed by atoms with van der Waals surface area (Å²) in [5, 5.41) is 22.1. The topological polar surface area (TPSA) is 144 Å². The van der Waals surface area contributed by atoms with Crippen LogP contribution in [0.5, 0.6) is 0 Å². The highest BCUT2D eigenvalue weighted by molar-refractivity contribution is 7.91. The number of sulfone groups is 1. The number of carbonyl (C=O) groups excluding carboxylic acids is 1. The van der Waals surface area contributed by atoms with Crippen LogP contribution in [0.1, 0.15) is 34.6 Å². The molecule has 0 fully saturated rings. The molecule has 0 aliphatic carbocycles. The number of nitrogens with zero attached hydrogens (tertiary/aromatic N) is 1. The minimum atomic E-state index is -3.31. The van der Waals surface area contributed by atoms with E-state index in [1.807, 2.05) is 0 Å². The maximum absolute atomic E-state index is 12.1. The summed E-state index contributed by atoms with van der Waals surface area (Å²) in [6.07, 6.45) is 0. The standard InChI is InChI=1S/C13H16N2O7S/c1-3-23(21,22)7-8(2)14-12(16)9-4-10(13(17)18)6-11(5-9)15(19)20/h4-6,8H,3,7H2,1-2H3,(H,14,16)(H,17,18). The van der Waals surface area contributed by atoms with Crippen molar-refractivity contribution in [3.63, 3.8) is 0 Å². The van der Waals surface area contributed by atoms with Crippen molar-refractivity contribution in [2.75, 3.05) is 11.5 Å². The van der Waals surface area contributed by atoms with Gasteiger partial charge in [-0.05, 0) is 13.0 Å². The Kier molecular flexibility index (Phi) is 5.79. The van der Waals surface area contributed by atoms with Gasteiger partial charge in [-0.1, -0.05) is 6.92 Å². The van der Waals surface area contributed by atoms with Crippen molar-refractivity contribution in [1.82, 2.24) is 5.32 Å². The summed E-state index contributed by atoms with van der Waals surface area (Å²) >= 11 is 0. The summed E-state index contributed by atoms with van der Waals surface area (Å²) < 4.78 is 23.0. The number of nitro groups is 1. The van der Waals surface area contributed by atoms with Crippen LogP contribution in [0.4, 0.5) is 5.69 Å². The van der Waals surface area contributed by atoms with Crippen LogP contribution in [0.2, 0.25) is 0 Å². The number of aromatic carboxylic acids is 1. The summed E-state index contributed by atoms with van der Waals surface area (Å²) in [4.78, 5) is 33.0. The Hall–Kier alpha value is -2.49. The molecule has 1 rings (SSSR count). The Labute approximate surface area is 132 Å². The number of hydrogen-bond donors (Lipinski definition) is 2. The van der Waals surface area contributed by atoms with Gasteiger partial charge in [0.05, 0.1) is 16.2 Å². The molecule has 0 saturated carbocycles. The molecule has 0 heterocycles. The highest BCUT2D eigenvalue weighted by Gasteiger charge is 2.20. The second-order valence-corrected chi connectivity index (χ2v) is 7.30. The quantitative estimate of drug-likeness (QED) is 0.551. The molecule has 2 N–H and O–H groups in total. The number of benzene rings is 1. The first-order valence-electron chi connectivity index (χ1n) is 6.59. The first-order chi connectivity index (χ1) is 10.6. The first-order valence-corrected chi connectivity index (χ1v) is 8.42. The van der Waals surface area contributed by atoms with Crippen LogP contribution in [0.25, 0.3) is 0 Å². The highest BCUT2D eigenvalue weighted by atomic mass is 32.2. The predicted molar refractivity (Wildman–Crippen MR) is 81.3 cm³/mol. The van der Waals surface area contributed by atoms with E-state index in [2.05, 4.69) is 5.32 Å². The fraction of sp³-hybridized carbons (Fsp3) is 0.385. The van der Waals surface area contributed by atoms with Crippen LogP contribution < -0.4 is 5.32 Å². The third-order valence-corrected chi connectivity index (χ3v) is 4.85. The number of nitro benzene ring substituents is 1. The first kappa shape index (κ1) is 18.6. The van der Waals surface area contributed by atoms with Crippen molar-refractivity contribution in [3.05, 3.63) is 39.4 Å². The van der Waals surface area contributed by atoms with Crippen molar-refractivity contribution in [2.45, 2.75) is 19.9 Å². The summed E-state index contributed by atoms with van der Waals surface area (Å²) in [6.45, 7) is 2.95. The van der Waals surface area contributed by atoms with Gasteiger partial charge >= 0.3 is 5.97 Å².